The van der Waals surface area contributed by atoms with Crippen LogP contribution in [0.4, 0.5) is 0 Å². The third kappa shape index (κ3) is 5.65. The Hall–Kier alpha value is -1.24. The molecule has 154 valence electrons. The maximum atomic E-state index is 6.77. The third-order valence-corrected chi connectivity index (χ3v) is 6.11. The van der Waals surface area contributed by atoms with Crippen molar-refractivity contribution < 1.29 is 0 Å². The fraction of sp³-hybridized carbons (Fsp3) is 0.591. The number of nitrogens with one attached hydrogen (secondary N) is 1. The lowest BCUT2D eigenvalue weighted by molar-refractivity contribution is 0.188. The van der Waals surface area contributed by atoms with Crippen LogP contribution in [0.1, 0.15) is 32.3 Å². The maximum Gasteiger partial charge on any atom is 0.0720 e. The largest absolute Gasteiger partial charge is 0.322 e. The molecule has 1 aromatic carbocycles. The van der Waals surface area contributed by atoms with Gasteiger partial charge in [0.1, 0.15) is 0 Å². The van der Waals surface area contributed by atoms with E-state index in [0.29, 0.717) is 5.02 Å². The van der Waals surface area contributed by atoms with E-state index in [1.54, 1.807) is 0 Å². The Kier molecular flexibility index (Phi) is 7.66. The zero-order chi connectivity index (χ0) is 20.0. The fourth-order valence-electron chi connectivity index (χ4n) is 4.07. The minimum absolute atomic E-state index is 0.382. The summed E-state index contributed by atoms with van der Waals surface area (Å²) in [6.45, 7) is 13.4. The molecule has 5 nitrogen and oxygen atoms in total. The first kappa shape index (κ1) is 21.5. The number of hydrogen-bond donors (Lipinski definition) is 2. The monoisotopic (exact) mass is 403 g/mol. The molecule has 1 aromatic heterocycles. The number of hydrogen-bond acceptors (Lipinski definition) is 5. The SMILES string of the molecule is CCN(CCCC(C)(N)c1ccnc2cc(Cl)ccc12)CCN1CCNCC1. The molecule has 0 bridgehead atoms. The van der Waals surface area contributed by atoms with Crippen LogP contribution in [-0.2, 0) is 5.54 Å². The molecular formula is C22H34ClN5. The first-order valence-electron chi connectivity index (χ1n) is 10.5. The molecule has 0 amide bonds. The lowest BCUT2D eigenvalue weighted by atomic mass is 9.86. The number of halogens is 1. The van der Waals surface area contributed by atoms with E-state index in [4.69, 9.17) is 17.3 Å². The van der Waals surface area contributed by atoms with Gasteiger partial charge in [-0.3, -0.25) is 9.88 Å². The molecule has 0 radical (unpaired) electrons. The minimum Gasteiger partial charge on any atom is -0.322 e. The predicted octanol–water partition coefficient (Wildman–Crippen LogP) is 3.07. The molecule has 1 atom stereocenters. The molecule has 1 aliphatic heterocycles. The van der Waals surface area contributed by atoms with E-state index >= 15 is 0 Å². The quantitative estimate of drug-likeness (QED) is 0.673. The van der Waals surface area contributed by atoms with Gasteiger partial charge in [0.2, 0.25) is 0 Å². The highest BCUT2D eigenvalue weighted by Crippen LogP contribution is 2.30. The molecule has 2 aromatic rings. The summed E-state index contributed by atoms with van der Waals surface area (Å²) >= 11 is 6.12. The second kappa shape index (κ2) is 9.99. The minimum atomic E-state index is -0.382. The molecule has 1 saturated heterocycles. The normalized spacial score (nSPS) is 17.9. The van der Waals surface area contributed by atoms with Crippen LogP contribution in [0.5, 0.6) is 0 Å². The van der Waals surface area contributed by atoms with Gasteiger partial charge in [-0.05, 0) is 56.6 Å². The summed E-state index contributed by atoms with van der Waals surface area (Å²) in [5.41, 5.74) is 8.45. The Labute approximate surface area is 174 Å². The van der Waals surface area contributed by atoms with Gasteiger partial charge in [0.15, 0.2) is 0 Å². The van der Waals surface area contributed by atoms with E-state index in [-0.39, 0.29) is 5.54 Å². The van der Waals surface area contributed by atoms with E-state index in [0.717, 1.165) is 81.7 Å². The van der Waals surface area contributed by atoms with Crippen molar-refractivity contribution in [3.63, 3.8) is 0 Å². The summed E-state index contributed by atoms with van der Waals surface area (Å²) < 4.78 is 0. The first-order valence-corrected chi connectivity index (χ1v) is 10.9. The van der Waals surface area contributed by atoms with Crippen molar-refractivity contribution in [3.05, 3.63) is 41.0 Å². The van der Waals surface area contributed by atoms with E-state index in [1.807, 2.05) is 24.4 Å². The van der Waals surface area contributed by atoms with E-state index in [9.17, 15) is 0 Å². The highest BCUT2D eigenvalue weighted by atomic mass is 35.5. The number of likely N-dealkylation sites (N-methyl/N-ethyl adjacent to an activating group) is 1. The third-order valence-electron chi connectivity index (χ3n) is 5.88. The Bertz CT molecular complexity index is 758. The molecule has 1 fully saturated rings. The topological polar surface area (TPSA) is 57.4 Å². The Morgan fingerprint density at radius 1 is 1.25 bits per heavy atom. The molecule has 3 N–H and O–H groups in total. The maximum absolute atomic E-state index is 6.77. The second-order valence-electron chi connectivity index (χ2n) is 8.07. The molecule has 0 spiro atoms. The van der Waals surface area contributed by atoms with Gasteiger partial charge in [0.05, 0.1) is 5.52 Å². The van der Waals surface area contributed by atoms with Gasteiger partial charge in [-0.2, -0.15) is 0 Å². The lowest BCUT2D eigenvalue weighted by Gasteiger charge is -2.31. The molecule has 1 aliphatic rings. The van der Waals surface area contributed by atoms with Gasteiger partial charge in [-0.15, -0.1) is 0 Å². The van der Waals surface area contributed by atoms with Crippen LogP contribution >= 0.6 is 11.6 Å². The average molecular weight is 404 g/mol. The number of nitrogens with two attached hydrogens (primary N) is 1. The smallest absolute Gasteiger partial charge is 0.0720 e. The van der Waals surface area contributed by atoms with Gasteiger partial charge in [0.25, 0.3) is 0 Å². The van der Waals surface area contributed by atoms with Crippen molar-refractivity contribution in [2.75, 3.05) is 52.4 Å². The van der Waals surface area contributed by atoms with Crippen LogP contribution in [-0.4, -0.2) is 67.1 Å². The second-order valence-corrected chi connectivity index (χ2v) is 8.50. The van der Waals surface area contributed by atoms with Crippen molar-refractivity contribution in [1.29, 1.82) is 0 Å². The lowest BCUT2D eigenvalue weighted by Crippen LogP contribution is -2.46. The number of rotatable bonds is 9. The molecule has 1 unspecified atom stereocenters. The van der Waals surface area contributed by atoms with Crippen molar-refractivity contribution in [2.45, 2.75) is 32.2 Å². The van der Waals surface area contributed by atoms with Crippen molar-refractivity contribution in [1.82, 2.24) is 20.1 Å². The van der Waals surface area contributed by atoms with Crippen molar-refractivity contribution >= 4 is 22.5 Å². The molecule has 0 saturated carbocycles. The van der Waals surface area contributed by atoms with Crippen LogP contribution in [0.25, 0.3) is 10.9 Å². The molecule has 0 aliphatic carbocycles. The highest BCUT2D eigenvalue weighted by Gasteiger charge is 2.23. The first-order chi connectivity index (χ1) is 13.5. The number of aromatic nitrogens is 1. The summed E-state index contributed by atoms with van der Waals surface area (Å²) in [6.07, 6.45) is 3.86. The van der Waals surface area contributed by atoms with Gasteiger partial charge >= 0.3 is 0 Å². The Balaban J connectivity index is 1.55. The molecule has 2 heterocycles. The van der Waals surface area contributed by atoms with Crippen LogP contribution in [0.2, 0.25) is 5.02 Å². The summed E-state index contributed by atoms with van der Waals surface area (Å²) in [4.78, 5) is 9.55. The summed E-state index contributed by atoms with van der Waals surface area (Å²) in [5, 5.41) is 5.22. The zero-order valence-electron chi connectivity index (χ0n) is 17.3. The Morgan fingerprint density at radius 2 is 2.04 bits per heavy atom. The van der Waals surface area contributed by atoms with Crippen LogP contribution in [0, 0.1) is 0 Å². The zero-order valence-corrected chi connectivity index (χ0v) is 18.0. The highest BCUT2D eigenvalue weighted by molar-refractivity contribution is 6.31. The standard InChI is InChI=1S/C22H34ClN5/c1-3-27(15-16-28-13-10-25-11-14-28)12-4-8-22(2,24)20-7-9-26-21-17-18(23)5-6-19(20)21/h5-7,9,17,25H,3-4,8,10-16,24H2,1-2H3. The molecule has 28 heavy (non-hydrogen) atoms. The summed E-state index contributed by atoms with van der Waals surface area (Å²) in [6, 6.07) is 7.92. The van der Waals surface area contributed by atoms with Gasteiger partial charge in [0, 0.05) is 61.4 Å². The van der Waals surface area contributed by atoms with Crippen molar-refractivity contribution in [3.8, 4) is 0 Å². The molecular weight excluding hydrogens is 370 g/mol. The summed E-state index contributed by atoms with van der Waals surface area (Å²) in [7, 11) is 0. The van der Waals surface area contributed by atoms with Crippen LogP contribution < -0.4 is 11.1 Å². The number of benzene rings is 1. The number of fused-ring (bicyclic) bond motifs is 1. The fourth-order valence-corrected chi connectivity index (χ4v) is 4.24. The molecule has 3 rings (SSSR count). The average Bonchev–Trinajstić information content (AvgIpc) is 2.70. The van der Waals surface area contributed by atoms with Crippen LogP contribution in [0.15, 0.2) is 30.5 Å². The van der Waals surface area contributed by atoms with Gasteiger partial charge in [-0.1, -0.05) is 24.6 Å². The number of pyridine rings is 1. The predicted molar refractivity (Wildman–Crippen MR) is 119 cm³/mol. The number of nitrogens with zero attached hydrogens (tertiary/aromatic N) is 3. The Morgan fingerprint density at radius 3 is 2.79 bits per heavy atom. The van der Waals surface area contributed by atoms with Crippen LogP contribution in [0.3, 0.4) is 0 Å². The van der Waals surface area contributed by atoms with E-state index in [1.165, 1.54) is 0 Å². The number of piperazine rings is 1. The molecule has 6 heteroatoms. The van der Waals surface area contributed by atoms with E-state index in [2.05, 4.69) is 40.0 Å². The van der Waals surface area contributed by atoms with E-state index < -0.39 is 0 Å². The van der Waals surface area contributed by atoms with Gasteiger partial charge in [-0.25, -0.2) is 0 Å². The van der Waals surface area contributed by atoms with Gasteiger partial charge < -0.3 is 16.0 Å². The van der Waals surface area contributed by atoms with Crippen molar-refractivity contribution in [2.24, 2.45) is 5.73 Å². The summed E-state index contributed by atoms with van der Waals surface area (Å²) in [5.74, 6) is 0.